The summed E-state index contributed by atoms with van der Waals surface area (Å²) in [5.74, 6) is 1.62. The highest BCUT2D eigenvalue weighted by molar-refractivity contribution is 6.30. The highest BCUT2D eigenvalue weighted by atomic mass is 35.5. The van der Waals surface area contributed by atoms with Crippen molar-refractivity contribution in [1.82, 2.24) is 0 Å². The molecule has 1 saturated heterocycles. The first-order valence-electron chi connectivity index (χ1n) is 9.83. The number of aromatic hydroxyl groups is 1. The number of quaternary nitrogens is 1. The maximum absolute atomic E-state index is 10.0. The summed E-state index contributed by atoms with van der Waals surface area (Å²) in [6.45, 7) is 6.40. The van der Waals surface area contributed by atoms with Gasteiger partial charge in [-0.2, -0.15) is 0 Å². The van der Waals surface area contributed by atoms with Crippen molar-refractivity contribution in [2.45, 2.75) is 13.0 Å². The lowest BCUT2D eigenvalue weighted by atomic mass is 10.0. The SMILES string of the molecule is CCOc1ccc([C@@H](CN=Cc2cc(Cl)ccc2O)[NH+]2CCOCC2)cc1OC. The molecule has 1 aliphatic heterocycles. The third-order valence-electron chi connectivity index (χ3n) is 5.03. The molecular weight excluding hydrogens is 392 g/mol. The molecule has 0 amide bonds. The smallest absolute Gasteiger partial charge is 0.161 e. The van der Waals surface area contributed by atoms with Crippen LogP contribution < -0.4 is 14.4 Å². The number of hydrogen-bond acceptors (Lipinski definition) is 5. The Labute approximate surface area is 176 Å². The van der Waals surface area contributed by atoms with Crippen molar-refractivity contribution in [2.24, 2.45) is 4.99 Å². The largest absolute Gasteiger partial charge is 0.507 e. The lowest BCUT2D eigenvalue weighted by Crippen LogP contribution is -3.14. The molecule has 156 valence electrons. The Bertz CT molecular complexity index is 838. The number of halogens is 1. The zero-order valence-electron chi connectivity index (χ0n) is 16.9. The first-order valence-corrected chi connectivity index (χ1v) is 10.2. The number of methoxy groups -OCH3 is 1. The van der Waals surface area contributed by atoms with Crippen molar-refractivity contribution in [2.75, 3.05) is 46.6 Å². The van der Waals surface area contributed by atoms with Gasteiger partial charge < -0.3 is 24.2 Å². The Kier molecular flexibility index (Phi) is 7.75. The van der Waals surface area contributed by atoms with E-state index in [4.69, 9.17) is 25.8 Å². The van der Waals surface area contributed by atoms with Crippen LogP contribution in [0.1, 0.15) is 24.1 Å². The minimum absolute atomic E-state index is 0.140. The third kappa shape index (κ3) is 5.63. The van der Waals surface area contributed by atoms with Gasteiger partial charge in [-0.1, -0.05) is 11.6 Å². The first kappa shape index (κ1) is 21.4. The predicted molar refractivity (Wildman–Crippen MR) is 114 cm³/mol. The van der Waals surface area contributed by atoms with Gasteiger partial charge in [-0.25, -0.2) is 0 Å². The van der Waals surface area contributed by atoms with Crippen LogP contribution >= 0.6 is 11.6 Å². The zero-order chi connectivity index (χ0) is 20.6. The van der Waals surface area contributed by atoms with Crippen molar-refractivity contribution in [3.8, 4) is 17.2 Å². The summed E-state index contributed by atoms with van der Waals surface area (Å²) in [6, 6.07) is 11.1. The van der Waals surface area contributed by atoms with Crippen LogP contribution in [-0.4, -0.2) is 57.9 Å². The number of aliphatic imine (C=N–C) groups is 1. The van der Waals surface area contributed by atoms with E-state index in [2.05, 4.69) is 11.1 Å². The van der Waals surface area contributed by atoms with Gasteiger partial charge in [0.1, 0.15) is 24.9 Å². The summed E-state index contributed by atoms with van der Waals surface area (Å²) < 4.78 is 16.7. The molecule has 1 fully saturated rings. The average molecular weight is 420 g/mol. The number of nitrogens with one attached hydrogen (secondary N) is 1. The second-order valence-electron chi connectivity index (χ2n) is 6.86. The molecule has 2 aromatic rings. The van der Waals surface area contributed by atoms with Crippen molar-refractivity contribution in [1.29, 1.82) is 0 Å². The maximum Gasteiger partial charge on any atom is 0.161 e. The number of ether oxygens (including phenoxy) is 3. The summed E-state index contributed by atoms with van der Waals surface area (Å²) in [5.41, 5.74) is 1.74. The van der Waals surface area contributed by atoms with Crippen LogP contribution in [0.4, 0.5) is 0 Å². The normalized spacial score (nSPS) is 16.1. The van der Waals surface area contributed by atoms with Gasteiger partial charge in [-0.05, 0) is 43.3 Å². The highest BCUT2D eigenvalue weighted by Crippen LogP contribution is 2.30. The molecule has 0 aromatic heterocycles. The number of benzene rings is 2. The Morgan fingerprint density at radius 1 is 1.21 bits per heavy atom. The second kappa shape index (κ2) is 10.5. The lowest BCUT2D eigenvalue weighted by Gasteiger charge is -2.31. The molecule has 0 saturated carbocycles. The van der Waals surface area contributed by atoms with Gasteiger partial charge in [0.15, 0.2) is 11.5 Å². The van der Waals surface area contributed by atoms with E-state index in [1.165, 1.54) is 4.90 Å². The van der Waals surface area contributed by atoms with Gasteiger partial charge in [0.2, 0.25) is 0 Å². The van der Waals surface area contributed by atoms with Crippen LogP contribution in [-0.2, 0) is 4.74 Å². The van der Waals surface area contributed by atoms with Crippen LogP contribution in [0.25, 0.3) is 0 Å². The maximum atomic E-state index is 10.0. The van der Waals surface area contributed by atoms with Gasteiger partial charge in [-0.3, -0.25) is 4.99 Å². The van der Waals surface area contributed by atoms with E-state index >= 15 is 0 Å². The van der Waals surface area contributed by atoms with Crippen LogP contribution in [0.5, 0.6) is 17.2 Å². The van der Waals surface area contributed by atoms with Crippen molar-refractivity contribution in [3.05, 3.63) is 52.5 Å². The molecule has 0 radical (unpaired) electrons. The minimum atomic E-state index is 0.140. The third-order valence-corrected chi connectivity index (χ3v) is 5.26. The molecule has 1 heterocycles. The molecule has 0 unspecified atom stereocenters. The van der Waals surface area contributed by atoms with E-state index in [1.54, 1.807) is 31.5 Å². The summed E-state index contributed by atoms with van der Waals surface area (Å²) in [5, 5.41) is 10.6. The molecule has 1 atom stereocenters. The molecule has 0 aliphatic carbocycles. The quantitative estimate of drug-likeness (QED) is 0.645. The molecule has 0 spiro atoms. The molecule has 29 heavy (non-hydrogen) atoms. The van der Waals surface area contributed by atoms with Crippen molar-refractivity contribution >= 4 is 17.8 Å². The fourth-order valence-corrected chi connectivity index (χ4v) is 3.69. The molecule has 6 nitrogen and oxygen atoms in total. The topological polar surface area (TPSA) is 64.7 Å². The molecule has 7 heteroatoms. The average Bonchev–Trinajstić information content (AvgIpc) is 2.75. The lowest BCUT2D eigenvalue weighted by molar-refractivity contribution is -0.937. The highest BCUT2D eigenvalue weighted by Gasteiger charge is 2.27. The van der Waals surface area contributed by atoms with Crippen LogP contribution in [0.2, 0.25) is 5.02 Å². The van der Waals surface area contributed by atoms with E-state index in [0.717, 1.165) is 43.4 Å². The van der Waals surface area contributed by atoms with Gasteiger partial charge in [-0.15, -0.1) is 0 Å². The van der Waals surface area contributed by atoms with E-state index in [9.17, 15) is 5.11 Å². The standard InChI is InChI=1S/C22H27ClN2O4/c1-3-29-21-7-4-16(13-22(21)27-2)19(25-8-10-28-11-9-25)15-24-14-17-12-18(23)5-6-20(17)26/h4-7,12-14,19,26H,3,8-11,15H2,1-2H3/p+1/t19-/m1/s1. The van der Waals surface area contributed by atoms with E-state index < -0.39 is 0 Å². The molecule has 0 bridgehead atoms. The van der Waals surface area contributed by atoms with Crippen LogP contribution in [0.15, 0.2) is 41.4 Å². The molecular formula is C22H28ClN2O4+. The molecule has 2 N–H and O–H groups in total. The number of nitrogens with zero attached hydrogens (tertiary/aromatic N) is 1. The number of phenols is 1. The fraction of sp³-hybridized carbons (Fsp3) is 0.409. The number of morpholine rings is 1. The zero-order valence-corrected chi connectivity index (χ0v) is 17.6. The van der Waals surface area contributed by atoms with E-state index in [1.807, 2.05) is 19.1 Å². The van der Waals surface area contributed by atoms with Crippen molar-refractivity contribution < 1.29 is 24.2 Å². The Morgan fingerprint density at radius 3 is 2.72 bits per heavy atom. The van der Waals surface area contributed by atoms with Crippen LogP contribution in [0.3, 0.4) is 0 Å². The van der Waals surface area contributed by atoms with Crippen LogP contribution in [0, 0.1) is 0 Å². The van der Waals surface area contributed by atoms with E-state index in [0.29, 0.717) is 23.7 Å². The van der Waals surface area contributed by atoms with E-state index in [-0.39, 0.29) is 11.8 Å². The van der Waals surface area contributed by atoms with Gasteiger partial charge in [0, 0.05) is 22.4 Å². The Balaban J connectivity index is 1.85. The van der Waals surface area contributed by atoms with Crippen molar-refractivity contribution in [3.63, 3.8) is 0 Å². The molecule has 3 rings (SSSR count). The van der Waals surface area contributed by atoms with Gasteiger partial charge >= 0.3 is 0 Å². The summed E-state index contributed by atoms with van der Waals surface area (Å²) >= 11 is 6.03. The van der Waals surface area contributed by atoms with Gasteiger partial charge in [0.25, 0.3) is 0 Å². The summed E-state index contributed by atoms with van der Waals surface area (Å²) in [7, 11) is 1.65. The first-order chi connectivity index (χ1) is 14.1. The Hall–Kier alpha value is -2.28. The fourth-order valence-electron chi connectivity index (χ4n) is 3.51. The van der Waals surface area contributed by atoms with Gasteiger partial charge in [0.05, 0.1) is 33.5 Å². The Morgan fingerprint density at radius 2 is 2.00 bits per heavy atom. The minimum Gasteiger partial charge on any atom is -0.507 e. The molecule has 1 aliphatic rings. The summed E-state index contributed by atoms with van der Waals surface area (Å²) in [6.07, 6.45) is 1.68. The monoisotopic (exact) mass is 419 g/mol. The molecule has 2 aromatic carbocycles. The summed E-state index contributed by atoms with van der Waals surface area (Å²) in [4.78, 5) is 6.04. The number of hydrogen-bond donors (Lipinski definition) is 2. The second-order valence-corrected chi connectivity index (χ2v) is 7.30. The predicted octanol–water partition coefficient (Wildman–Crippen LogP) is 2.53. The number of rotatable bonds is 8. The number of phenolic OH excluding ortho intramolecular Hbond substituents is 1.